The first-order chi connectivity index (χ1) is 9.06. The van der Waals surface area contributed by atoms with E-state index in [9.17, 15) is 9.18 Å². The van der Waals surface area contributed by atoms with Crippen molar-refractivity contribution >= 4 is 17.2 Å². The molecule has 0 bridgehead atoms. The smallest absolute Gasteiger partial charge is 0.249 e. The van der Waals surface area contributed by atoms with Crippen LogP contribution in [0, 0.1) is 5.82 Å². The number of hydrogen-bond donors (Lipinski definition) is 2. The van der Waals surface area contributed by atoms with E-state index >= 15 is 0 Å². The molecule has 3 N–H and O–H groups in total. The van der Waals surface area contributed by atoms with Crippen molar-refractivity contribution in [3.05, 3.63) is 57.5 Å². The lowest BCUT2D eigenvalue weighted by atomic mass is 10.1. The van der Waals surface area contributed by atoms with Crippen LogP contribution < -0.4 is 11.1 Å². The summed E-state index contributed by atoms with van der Waals surface area (Å²) in [5, 5.41) is 5.07. The van der Waals surface area contributed by atoms with Gasteiger partial charge in [0.1, 0.15) is 5.82 Å². The third-order valence-corrected chi connectivity index (χ3v) is 3.83. The van der Waals surface area contributed by atoms with Crippen molar-refractivity contribution in [1.29, 1.82) is 0 Å². The summed E-state index contributed by atoms with van der Waals surface area (Å²) in [6.07, 6.45) is 0. The lowest BCUT2D eigenvalue weighted by Crippen LogP contribution is -2.17. The van der Waals surface area contributed by atoms with Crippen LogP contribution in [0.3, 0.4) is 0 Å². The summed E-state index contributed by atoms with van der Waals surface area (Å²) in [5.74, 6) is -0.644. The minimum absolute atomic E-state index is 0.111. The molecule has 0 aliphatic rings. The predicted molar refractivity (Wildman–Crippen MR) is 74.5 cm³/mol. The number of hydrogen-bond acceptors (Lipinski definition) is 3. The molecule has 0 saturated carbocycles. The Kier molecular flexibility index (Phi) is 4.29. The van der Waals surface area contributed by atoms with E-state index in [1.807, 2.05) is 6.92 Å². The zero-order valence-corrected chi connectivity index (χ0v) is 11.3. The van der Waals surface area contributed by atoms with Crippen LogP contribution in [0.5, 0.6) is 0 Å². The first-order valence-corrected chi connectivity index (χ1v) is 6.80. The molecule has 5 heteroatoms. The Labute approximate surface area is 115 Å². The number of amides is 1. The first-order valence-electron chi connectivity index (χ1n) is 5.92. The largest absolute Gasteiger partial charge is 0.366 e. The fourth-order valence-corrected chi connectivity index (χ4v) is 2.55. The van der Waals surface area contributed by atoms with E-state index in [1.165, 1.54) is 23.5 Å². The molecule has 3 nitrogen and oxygen atoms in total. The quantitative estimate of drug-likeness (QED) is 0.883. The molecular formula is C14H15FN2OS. The Morgan fingerprint density at radius 3 is 2.68 bits per heavy atom. The molecule has 0 radical (unpaired) electrons. The van der Waals surface area contributed by atoms with Gasteiger partial charge in [-0.05, 0) is 30.7 Å². The van der Waals surface area contributed by atoms with Crippen LogP contribution in [0.1, 0.15) is 33.8 Å². The molecule has 1 heterocycles. The number of carbonyl (C=O) groups is 1. The molecule has 0 unspecified atom stereocenters. The van der Waals surface area contributed by atoms with Crippen LogP contribution in [-0.4, -0.2) is 5.91 Å². The number of primary amides is 1. The van der Waals surface area contributed by atoms with Crippen molar-refractivity contribution in [3.63, 3.8) is 0 Å². The summed E-state index contributed by atoms with van der Waals surface area (Å²) in [4.78, 5) is 12.0. The van der Waals surface area contributed by atoms with Crippen LogP contribution in [0.15, 0.2) is 35.7 Å². The van der Waals surface area contributed by atoms with Crippen molar-refractivity contribution in [2.75, 3.05) is 0 Å². The summed E-state index contributed by atoms with van der Waals surface area (Å²) < 4.78 is 12.8. The molecule has 19 heavy (non-hydrogen) atoms. The van der Waals surface area contributed by atoms with Crippen LogP contribution in [-0.2, 0) is 6.54 Å². The molecule has 0 saturated heterocycles. The Hall–Kier alpha value is -1.72. The second kappa shape index (κ2) is 5.95. The van der Waals surface area contributed by atoms with Gasteiger partial charge in [-0.25, -0.2) is 4.39 Å². The highest BCUT2D eigenvalue weighted by molar-refractivity contribution is 7.10. The van der Waals surface area contributed by atoms with Crippen LogP contribution in [0.25, 0.3) is 0 Å². The van der Waals surface area contributed by atoms with Gasteiger partial charge >= 0.3 is 0 Å². The summed E-state index contributed by atoms with van der Waals surface area (Å²) >= 11 is 1.49. The molecular weight excluding hydrogens is 263 g/mol. The topological polar surface area (TPSA) is 55.1 Å². The van der Waals surface area contributed by atoms with Crippen molar-refractivity contribution < 1.29 is 9.18 Å². The van der Waals surface area contributed by atoms with E-state index in [0.29, 0.717) is 12.1 Å². The number of rotatable bonds is 5. The van der Waals surface area contributed by atoms with Crippen molar-refractivity contribution in [2.24, 2.45) is 5.73 Å². The molecule has 0 fully saturated rings. The van der Waals surface area contributed by atoms with Gasteiger partial charge in [0.25, 0.3) is 0 Å². The lowest BCUT2D eigenvalue weighted by molar-refractivity contribution is 0.100. The third-order valence-electron chi connectivity index (χ3n) is 2.89. The number of nitrogens with two attached hydrogens (primary N) is 1. The summed E-state index contributed by atoms with van der Waals surface area (Å²) in [6.45, 7) is 2.66. The Morgan fingerprint density at radius 2 is 2.11 bits per heavy atom. The van der Waals surface area contributed by atoms with E-state index in [-0.39, 0.29) is 11.9 Å². The second-order valence-electron chi connectivity index (χ2n) is 4.32. The lowest BCUT2D eigenvalue weighted by Gasteiger charge is -2.13. The predicted octanol–water partition coefficient (Wildman–Crippen LogP) is 2.84. The Bertz CT molecular complexity index is 565. The maximum Gasteiger partial charge on any atom is 0.249 e. The highest BCUT2D eigenvalue weighted by Gasteiger charge is 2.08. The molecule has 100 valence electrons. The fraction of sp³-hybridized carbons (Fsp3) is 0.214. The van der Waals surface area contributed by atoms with E-state index in [0.717, 1.165) is 10.4 Å². The monoisotopic (exact) mass is 278 g/mol. The fourth-order valence-electron chi connectivity index (χ4n) is 1.73. The molecule has 0 spiro atoms. The highest BCUT2D eigenvalue weighted by Crippen LogP contribution is 2.17. The van der Waals surface area contributed by atoms with E-state index in [1.54, 1.807) is 23.6 Å². The second-order valence-corrected chi connectivity index (χ2v) is 5.32. The summed E-state index contributed by atoms with van der Waals surface area (Å²) in [6, 6.07) is 8.32. The van der Waals surface area contributed by atoms with Gasteiger partial charge in [0.15, 0.2) is 0 Å². The van der Waals surface area contributed by atoms with Gasteiger partial charge < -0.3 is 11.1 Å². The van der Waals surface area contributed by atoms with Gasteiger partial charge in [-0.2, -0.15) is 0 Å². The number of thiophene rings is 1. The number of benzene rings is 1. The standard InChI is InChI=1S/C14H15FN2OS/c1-9(10-2-4-12(15)5-3-10)17-7-13-6-11(8-19-13)14(16)18/h2-6,8-9,17H,7H2,1H3,(H2,16,18)/t9-/m1/s1. The van der Waals surface area contributed by atoms with Crippen LogP contribution in [0.2, 0.25) is 0 Å². The maximum absolute atomic E-state index is 12.8. The Balaban J connectivity index is 1.94. The molecule has 2 aromatic rings. The molecule has 1 amide bonds. The van der Waals surface area contributed by atoms with E-state index < -0.39 is 5.91 Å². The molecule has 0 aliphatic carbocycles. The van der Waals surface area contributed by atoms with Gasteiger partial charge in [-0.1, -0.05) is 12.1 Å². The van der Waals surface area contributed by atoms with Gasteiger partial charge in [0.05, 0.1) is 5.56 Å². The summed E-state index contributed by atoms with van der Waals surface area (Å²) in [5.41, 5.74) is 6.76. The average molecular weight is 278 g/mol. The number of halogens is 1. The minimum atomic E-state index is -0.408. The maximum atomic E-state index is 12.8. The highest BCUT2D eigenvalue weighted by atomic mass is 32.1. The zero-order valence-electron chi connectivity index (χ0n) is 10.5. The minimum Gasteiger partial charge on any atom is -0.366 e. The van der Waals surface area contributed by atoms with Crippen LogP contribution in [0.4, 0.5) is 4.39 Å². The average Bonchev–Trinajstić information content (AvgIpc) is 2.86. The van der Waals surface area contributed by atoms with Gasteiger partial charge in [0.2, 0.25) is 5.91 Å². The molecule has 1 aromatic carbocycles. The van der Waals surface area contributed by atoms with Crippen molar-refractivity contribution in [1.82, 2.24) is 5.32 Å². The first kappa shape index (κ1) is 13.7. The third kappa shape index (κ3) is 3.62. The van der Waals surface area contributed by atoms with Gasteiger partial charge in [-0.3, -0.25) is 4.79 Å². The van der Waals surface area contributed by atoms with Crippen molar-refractivity contribution in [3.8, 4) is 0 Å². The molecule has 0 aliphatic heterocycles. The normalized spacial score (nSPS) is 12.3. The van der Waals surface area contributed by atoms with Crippen LogP contribution >= 0.6 is 11.3 Å². The van der Waals surface area contributed by atoms with Crippen molar-refractivity contribution in [2.45, 2.75) is 19.5 Å². The summed E-state index contributed by atoms with van der Waals surface area (Å²) in [7, 11) is 0. The van der Waals surface area contributed by atoms with E-state index in [4.69, 9.17) is 5.73 Å². The number of carbonyl (C=O) groups excluding carboxylic acids is 1. The van der Waals surface area contributed by atoms with Gasteiger partial charge in [0, 0.05) is 22.8 Å². The van der Waals surface area contributed by atoms with E-state index in [2.05, 4.69) is 5.32 Å². The Morgan fingerprint density at radius 1 is 1.42 bits per heavy atom. The molecule has 1 aromatic heterocycles. The number of nitrogens with one attached hydrogen (secondary N) is 1. The SMILES string of the molecule is C[C@@H](NCc1cc(C(N)=O)cs1)c1ccc(F)cc1. The molecule has 1 atom stereocenters. The molecule has 2 rings (SSSR count). The van der Waals surface area contributed by atoms with Gasteiger partial charge in [-0.15, -0.1) is 11.3 Å². The zero-order chi connectivity index (χ0) is 13.8.